The van der Waals surface area contributed by atoms with Crippen LogP contribution >= 0.6 is 11.8 Å². The van der Waals surface area contributed by atoms with Gasteiger partial charge in [0, 0.05) is 25.6 Å². The molecular weight excluding hydrogens is 380 g/mol. The van der Waals surface area contributed by atoms with Crippen molar-refractivity contribution >= 4 is 17.7 Å². The largest absolute Gasteiger partial charge is 0.335 e. The van der Waals surface area contributed by atoms with Gasteiger partial charge in [0.25, 0.3) is 0 Å². The Kier molecular flexibility index (Phi) is 7.47. The second kappa shape index (κ2) is 10.3. The number of hydrogen-bond acceptors (Lipinski definition) is 4. The first-order chi connectivity index (χ1) is 14.1. The summed E-state index contributed by atoms with van der Waals surface area (Å²) < 4.78 is 2.10. The van der Waals surface area contributed by atoms with Gasteiger partial charge >= 0.3 is 0 Å². The highest BCUT2D eigenvalue weighted by atomic mass is 32.2. The second-order valence-electron chi connectivity index (χ2n) is 7.20. The van der Waals surface area contributed by atoms with Crippen LogP contribution in [0, 0.1) is 0 Å². The molecule has 0 radical (unpaired) electrons. The quantitative estimate of drug-likeness (QED) is 0.492. The van der Waals surface area contributed by atoms with Gasteiger partial charge in [-0.1, -0.05) is 72.4 Å². The molecule has 2 aromatic carbocycles. The van der Waals surface area contributed by atoms with Crippen LogP contribution in [0.5, 0.6) is 0 Å². The van der Waals surface area contributed by atoms with Gasteiger partial charge in [-0.3, -0.25) is 4.79 Å². The molecule has 0 spiro atoms. The zero-order valence-corrected chi connectivity index (χ0v) is 18.1. The molecule has 1 aromatic heterocycles. The molecule has 0 fully saturated rings. The lowest BCUT2D eigenvalue weighted by atomic mass is 10.1. The van der Waals surface area contributed by atoms with E-state index in [1.165, 1.54) is 17.3 Å². The molecule has 0 bridgehead atoms. The maximum atomic E-state index is 12.9. The summed E-state index contributed by atoms with van der Waals surface area (Å²) in [6.07, 6.45) is 0.738. The molecule has 152 valence electrons. The molecule has 6 heteroatoms. The summed E-state index contributed by atoms with van der Waals surface area (Å²) in [5.41, 5.74) is 2.34. The van der Waals surface area contributed by atoms with E-state index in [1.54, 1.807) is 0 Å². The number of aromatic nitrogens is 3. The van der Waals surface area contributed by atoms with E-state index in [9.17, 15) is 4.79 Å². The SMILES string of the molecule is CCn1c(Cc2ccccc2)nnc1SCC(=O)N(Cc1ccccc1)C(C)C. The Hall–Kier alpha value is -2.60. The lowest BCUT2D eigenvalue weighted by molar-refractivity contribution is -0.130. The van der Waals surface area contributed by atoms with Crippen LogP contribution in [0.4, 0.5) is 0 Å². The first-order valence-corrected chi connectivity index (χ1v) is 11.0. The van der Waals surface area contributed by atoms with E-state index in [2.05, 4.69) is 59.8 Å². The summed E-state index contributed by atoms with van der Waals surface area (Å²) in [5.74, 6) is 1.40. The number of carbonyl (C=O) groups excluding carboxylic acids is 1. The summed E-state index contributed by atoms with van der Waals surface area (Å²) in [5, 5.41) is 9.52. The zero-order chi connectivity index (χ0) is 20.6. The molecule has 0 saturated carbocycles. The predicted molar refractivity (Wildman–Crippen MR) is 118 cm³/mol. The molecule has 0 atom stereocenters. The molecule has 3 rings (SSSR count). The number of amides is 1. The first-order valence-electron chi connectivity index (χ1n) is 10.0. The molecule has 0 aliphatic rings. The molecule has 1 heterocycles. The van der Waals surface area contributed by atoms with E-state index in [-0.39, 0.29) is 11.9 Å². The fourth-order valence-corrected chi connectivity index (χ4v) is 4.11. The van der Waals surface area contributed by atoms with E-state index < -0.39 is 0 Å². The third-order valence-electron chi connectivity index (χ3n) is 4.78. The number of rotatable bonds is 9. The van der Waals surface area contributed by atoms with Gasteiger partial charge in [-0.05, 0) is 31.9 Å². The summed E-state index contributed by atoms with van der Waals surface area (Å²) in [7, 11) is 0. The number of carbonyl (C=O) groups is 1. The molecule has 0 saturated heterocycles. The standard InChI is InChI=1S/C23H28N4OS/c1-4-26-21(15-19-11-7-5-8-12-19)24-25-23(26)29-17-22(28)27(18(2)3)16-20-13-9-6-10-14-20/h5-14,18H,4,15-17H2,1-3H3. The van der Waals surface area contributed by atoms with Gasteiger partial charge in [-0.25, -0.2) is 0 Å². The van der Waals surface area contributed by atoms with Gasteiger partial charge in [0.05, 0.1) is 5.75 Å². The number of thioether (sulfide) groups is 1. The molecule has 0 aliphatic heterocycles. The third kappa shape index (κ3) is 5.70. The monoisotopic (exact) mass is 408 g/mol. The van der Waals surface area contributed by atoms with Crippen LogP contribution < -0.4 is 0 Å². The Bertz CT molecular complexity index is 909. The second-order valence-corrected chi connectivity index (χ2v) is 8.14. The lowest BCUT2D eigenvalue weighted by Gasteiger charge is -2.26. The average Bonchev–Trinajstić information content (AvgIpc) is 3.13. The van der Waals surface area contributed by atoms with Crippen molar-refractivity contribution in [3.63, 3.8) is 0 Å². The van der Waals surface area contributed by atoms with Crippen LogP contribution in [-0.2, 0) is 24.3 Å². The molecule has 0 N–H and O–H groups in total. The fourth-order valence-electron chi connectivity index (χ4n) is 3.20. The minimum atomic E-state index is 0.115. The summed E-state index contributed by atoms with van der Waals surface area (Å²) in [6, 6.07) is 20.5. The van der Waals surface area contributed by atoms with Crippen LogP contribution in [-0.4, -0.2) is 37.4 Å². The summed E-state index contributed by atoms with van der Waals surface area (Å²) in [6.45, 7) is 7.59. The zero-order valence-electron chi connectivity index (χ0n) is 17.3. The summed E-state index contributed by atoms with van der Waals surface area (Å²) >= 11 is 1.47. The van der Waals surface area contributed by atoms with Gasteiger partial charge in [0.1, 0.15) is 5.82 Å². The van der Waals surface area contributed by atoms with Crippen LogP contribution in [0.3, 0.4) is 0 Å². The molecule has 5 nitrogen and oxygen atoms in total. The Balaban J connectivity index is 1.65. The van der Waals surface area contributed by atoms with Crippen molar-refractivity contribution in [2.24, 2.45) is 0 Å². The number of hydrogen-bond donors (Lipinski definition) is 0. The van der Waals surface area contributed by atoms with Crippen molar-refractivity contribution in [1.82, 2.24) is 19.7 Å². The highest BCUT2D eigenvalue weighted by Crippen LogP contribution is 2.20. The van der Waals surface area contributed by atoms with Gasteiger partial charge in [0.2, 0.25) is 5.91 Å². The average molecular weight is 409 g/mol. The van der Waals surface area contributed by atoms with E-state index in [0.717, 1.165) is 29.5 Å². The van der Waals surface area contributed by atoms with Crippen molar-refractivity contribution in [2.75, 3.05) is 5.75 Å². The van der Waals surface area contributed by atoms with E-state index in [4.69, 9.17) is 0 Å². The molecule has 0 unspecified atom stereocenters. The van der Waals surface area contributed by atoms with Gasteiger partial charge < -0.3 is 9.47 Å². The lowest BCUT2D eigenvalue weighted by Crippen LogP contribution is -2.37. The van der Waals surface area contributed by atoms with Crippen LogP contribution in [0.1, 0.15) is 37.7 Å². The molecule has 0 aliphatic carbocycles. The maximum absolute atomic E-state index is 12.9. The van der Waals surface area contributed by atoms with Crippen LogP contribution in [0.25, 0.3) is 0 Å². The van der Waals surface area contributed by atoms with Gasteiger partial charge in [0.15, 0.2) is 5.16 Å². The number of benzene rings is 2. The van der Waals surface area contributed by atoms with Gasteiger partial charge in [-0.15, -0.1) is 10.2 Å². The third-order valence-corrected chi connectivity index (χ3v) is 5.73. The Labute approximate surface area is 177 Å². The highest BCUT2D eigenvalue weighted by Gasteiger charge is 2.19. The van der Waals surface area contributed by atoms with Gasteiger partial charge in [-0.2, -0.15) is 0 Å². The molecule has 1 amide bonds. The smallest absolute Gasteiger partial charge is 0.233 e. The minimum absolute atomic E-state index is 0.115. The highest BCUT2D eigenvalue weighted by molar-refractivity contribution is 7.99. The van der Waals surface area contributed by atoms with Crippen molar-refractivity contribution in [1.29, 1.82) is 0 Å². The van der Waals surface area contributed by atoms with Crippen molar-refractivity contribution in [3.8, 4) is 0 Å². The van der Waals surface area contributed by atoms with Crippen molar-refractivity contribution in [3.05, 3.63) is 77.6 Å². The van der Waals surface area contributed by atoms with Crippen LogP contribution in [0.15, 0.2) is 65.8 Å². The Morgan fingerprint density at radius 2 is 1.62 bits per heavy atom. The topological polar surface area (TPSA) is 51.0 Å². The predicted octanol–water partition coefficient (Wildman–Crippen LogP) is 4.42. The number of nitrogens with zero attached hydrogens (tertiary/aromatic N) is 4. The molecular formula is C23H28N4OS. The first kappa shape index (κ1) is 21.1. The normalized spacial score (nSPS) is 11.0. The molecule has 3 aromatic rings. The van der Waals surface area contributed by atoms with Crippen LogP contribution in [0.2, 0.25) is 0 Å². The Morgan fingerprint density at radius 3 is 2.21 bits per heavy atom. The Morgan fingerprint density at radius 1 is 1.00 bits per heavy atom. The van der Waals surface area contributed by atoms with E-state index in [0.29, 0.717) is 12.3 Å². The fraction of sp³-hybridized carbons (Fsp3) is 0.348. The minimum Gasteiger partial charge on any atom is -0.335 e. The van der Waals surface area contributed by atoms with Crippen molar-refractivity contribution in [2.45, 2.75) is 51.5 Å². The van der Waals surface area contributed by atoms with Crippen molar-refractivity contribution < 1.29 is 4.79 Å². The summed E-state index contributed by atoms with van der Waals surface area (Å²) in [4.78, 5) is 14.8. The van der Waals surface area contributed by atoms with E-state index in [1.807, 2.05) is 41.3 Å². The van der Waals surface area contributed by atoms with E-state index >= 15 is 0 Å². The molecule has 29 heavy (non-hydrogen) atoms. The maximum Gasteiger partial charge on any atom is 0.233 e.